The van der Waals surface area contributed by atoms with Gasteiger partial charge in [0.05, 0.1) is 6.26 Å². The van der Waals surface area contributed by atoms with Crippen molar-refractivity contribution in [1.82, 2.24) is 14.2 Å². The first-order valence-corrected chi connectivity index (χ1v) is 9.48. The molecule has 1 aliphatic rings. The van der Waals surface area contributed by atoms with Gasteiger partial charge in [-0.2, -0.15) is 4.31 Å². The van der Waals surface area contributed by atoms with Crippen molar-refractivity contribution in [3.8, 4) is 0 Å². The first kappa shape index (κ1) is 16.7. The normalized spacial score (nSPS) is 16.5. The number of rotatable bonds is 2. The van der Waals surface area contributed by atoms with E-state index in [9.17, 15) is 18.0 Å². The van der Waals surface area contributed by atoms with E-state index in [0.717, 1.165) is 10.9 Å². The number of aromatic amines is 1. The van der Waals surface area contributed by atoms with Gasteiger partial charge in [-0.3, -0.25) is 9.59 Å². The fraction of sp³-hybridized carbons (Fsp3) is 0.375. The second kappa shape index (κ2) is 6.03. The minimum atomic E-state index is -3.22. The van der Waals surface area contributed by atoms with Gasteiger partial charge in [0, 0.05) is 48.7 Å². The van der Waals surface area contributed by atoms with Crippen LogP contribution in [0.2, 0.25) is 0 Å². The van der Waals surface area contributed by atoms with Crippen molar-refractivity contribution < 1.29 is 13.2 Å². The van der Waals surface area contributed by atoms with Crippen molar-refractivity contribution in [3.63, 3.8) is 0 Å². The van der Waals surface area contributed by atoms with Gasteiger partial charge in [0.1, 0.15) is 0 Å². The van der Waals surface area contributed by atoms with Crippen molar-refractivity contribution in [1.29, 1.82) is 0 Å². The first-order chi connectivity index (χ1) is 11.3. The molecule has 1 N–H and O–H groups in total. The molecule has 24 heavy (non-hydrogen) atoms. The number of pyridine rings is 1. The van der Waals surface area contributed by atoms with Gasteiger partial charge in [-0.1, -0.05) is 6.07 Å². The highest BCUT2D eigenvalue weighted by Gasteiger charge is 2.26. The van der Waals surface area contributed by atoms with Crippen molar-refractivity contribution in [2.75, 3.05) is 32.4 Å². The molecule has 2 aromatic rings. The zero-order valence-corrected chi connectivity index (χ0v) is 14.4. The molecule has 0 spiro atoms. The number of piperazine rings is 1. The average molecular weight is 349 g/mol. The fourth-order valence-electron chi connectivity index (χ4n) is 2.97. The molecule has 1 fully saturated rings. The van der Waals surface area contributed by atoms with Crippen LogP contribution in [-0.4, -0.2) is 60.9 Å². The van der Waals surface area contributed by atoms with E-state index < -0.39 is 10.0 Å². The average Bonchev–Trinajstić information content (AvgIpc) is 2.52. The molecule has 8 heteroatoms. The molecule has 3 rings (SSSR count). The third-order valence-electron chi connectivity index (χ3n) is 4.29. The third-order valence-corrected chi connectivity index (χ3v) is 5.59. The Bertz CT molecular complexity index is 957. The van der Waals surface area contributed by atoms with Gasteiger partial charge in [0.15, 0.2) is 0 Å². The molecule has 0 saturated carbocycles. The summed E-state index contributed by atoms with van der Waals surface area (Å²) in [6, 6.07) is 6.75. The molecular weight excluding hydrogens is 330 g/mol. The van der Waals surface area contributed by atoms with Gasteiger partial charge < -0.3 is 9.88 Å². The predicted molar refractivity (Wildman–Crippen MR) is 91.6 cm³/mol. The maximum Gasteiger partial charge on any atom is 0.254 e. The lowest BCUT2D eigenvalue weighted by Gasteiger charge is -2.33. The zero-order valence-electron chi connectivity index (χ0n) is 13.6. The summed E-state index contributed by atoms with van der Waals surface area (Å²) in [5, 5.41) is 0.896. The lowest BCUT2D eigenvalue weighted by molar-refractivity contribution is 0.0698. The molecule has 0 bridgehead atoms. The monoisotopic (exact) mass is 349 g/mol. The number of H-pyrrole nitrogens is 1. The molecule has 1 saturated heterocycles. The third kappa shape index (κ3) is 3.20. The van der Waals surface area contributed by atoms with E-state index in [1.807, 2.05) is 13.0 Å². The highest BCUT2D eigenvalue weighted by Crippen LogP contribution is 2.18. The molecule has 0 aliphatic carbocycles. The number of aryl methyl sites for hydroxylation is 1. The Balaban J connectivity index is 1.83. The summed E-state index contributed by atoms with van der Waals surface area (Å²) in [7, 11) is -3.22. The number of carbonyl (C=O) groups is 1. The van der Waals surface area contributed by atoms with Crippen LogP contribution < -0.4 is 5.56 Å². The van der Waals surface area contributed by atoms with E-state index in [1.54, 1.807) is 17.0 Å². The number of sulfonamides is 1. The Morgan fingerprint density at radius 3 is 2.42 bits per heavy atom. The van der Waals surface area contributed by atoms with Crippen molar-refractivity contribution in [2.24, 2.45) is 0 Å². The Morgan fingerprint density at radius 1 is 1.12 bits per heavy atom. The summed E-state index contributed by atoms with van der Waals surface area (Å²) < 4.78 is 24.4. The Morgan fingerprint density at radius 2 is 1.79 bits per heavy atom. The summed E-state index contributed by atoms with van der Waals surface area (Å²) in [4.78, 5) is 28.6. The number of amides is 1. The van der Waals surface area contributed by atoms with Crippen LogP contribution in [0, 0.1) is 6.92 Å². The summed E-state index contributed by atoms with van der Waals surface area (Å²) in [6.45, 7) is 3.16. The second-order valence-electron chi connectivity index (χ2n) is 6.03. The van der Waals surface area contributed by atoms with Crippen molar-refractivity contribution in [3.05, 3.63) is 45.7 Å². The van der Waals surface area contributed by atoms with E-state index in [1.165, 1.54) is 16.6 Å². The topological polar surface area (TPSA) is 90.6 Å². The van der Waals surface area contributed by atoms with E-state index >= 15 is 0 Å². The van der Waals surface area contributed by atoms with Gasteiger partial charge >= 0.3 is 0 Å². The number of hydrogen-bond donors (Lipinski definition) is 1. The minimum Gasteiger partial charge on any atom is -0.336 e. The molecule has 0 unspecified atom stereocenters. The second-order valence-corrected chi connectivity index (χ2v) is 8.01. The number of nitrogens with one attached hydrogen (secondary N) is 1. The Labute approximate surface area is 139 Å². The van der Waals surface area contributed by atoms with Crippen LogP contribution in [0.1, 0.15) is 15.9 Å². The number of nitrogens with zero attached hydrogens (tertiary/aromatic N) is 2. The van der Waals surface area contributed by atoms with Gasteiger partial charge in [0.25, 0.3) is 5.91 Å². The SMILES string of the molecule is Cc1cc(=O)[nH]c2cc(C(=O)N3CCN(S(C)(=O)=O)CC3)ccc12. The molecule has 2 heterocycles. The van der Waals surface area contributed by atoms with Gasteiger partial charge in [-0.15, -0.1) is 0 Å². The van der Waals surface area contributed by atoms with Crippen LogP contribution in [0.25, 0.3) is 10.9 Å². The fourth-order valence-corrected chi connectivity index (χ4v) is 3.80. The molecular formula is C16H19N3O4S. The van der Waals surface area contributed by atoms with E-state index in [-0.39, 0.29) is 11.5 Å². The zero-order chi connectivity index (χ0) is 17.5. The molecule has 1 aromatic heterocycles. The molecule has 1 aliphatic heterocycles. The Hall–Kier alpha value is -2.19. The molecule has 1 amide bonds. The van der Waals surface area contributed by atoms with E-state index in [2.05, 4.69) is 4.98 Å². The molecule has 128 valence electrons. The van der Waals surface area contributed by atoms with E-state index in [4.69, 9.17) is 0 Å². The lowest BCUT2D eigenvalue weighted by Crippen LogP contribution is -2.50. The van der Waals surface area contributed by atoms with Crippen LogP contribution >= 0.6 is 0 Å². The minimum absolute atomic E-state index is 0.160. The summed E-state index contributed by atoms with van der Waals surface area (Å²) >= 11 is 0. The number of benzene rings is 1. The quantitative estimate of drug-likeness (QED) is 0.857. The number of fused-ring (bicyclic) bond motifs is 1. The van der Waals surface area contributed by atoms with E-state index in [0.29, 0.717) is 37.3 Å². The van der Waals surface area contributed by atoms with Gasteiger partial charge in [-0.25, -0.2) is 8.42 Å². The van der Waals surface area contributed by atoms with Crippen molar-refractivity contribution in [2.45, 2.75) is 6.92 Å². The van der Waals surface area contributed by atoms with Crippen molar-refractivity contribution >= 4 is 26.8 Å². The van der Waals surface area contributed by atoms with Crippen LogP contribution in [0.15, 0.2) is 29.1 Å². The maximum atomic E-state index is 12.6. The highest BCUT2D eigenvalue weighted by atomic mass is 32.2. The maximum absolute atomic E-state index is 12.6. The summed E-state index contributed by atoms with van der Waals surface area (Å²) in [5.74, 6) is -0.160. The Kier molecular flexibility index (Phi) is 4.18. The standard InChI is InChI=1S/C16H19N3O4S/c1-11-9-15(20)17-14-10-12(3-4-13(11)14)16(21)18-5-7-19(8-6-18)24(2,22)23/h3-4,9-10H,5-8H2,1-2H3,(H,17,20). The molecule has 0 radical (unpaired) electrons. The van der Waals surface area contributed by atoms with Crippen LogP contribution in [0.4, 0.5) is 0 Å². The smallest absolute Gasteiger partial charge is 0.254 e. The van der Waals surface area contributed by atoms with Gasteiger partial charge in [0.2, 0.25) is 15.6 Å². The molecule has 7 nitrogen and oxygen atoms in total. The lowest BCUT2D eigenvalue weighted by atomic mass is 10.1. The van der Waals surface area contributed by atoms with Gasteiger partial charge in [-0.05, 0) is 24.6 Å². The number of carbonyl (C=O) groups excluding carboxylic acids is 1. The number of hydrogen-bond acceptors (Lipinski definition) is 4. The number of aromatic nitrogens is 1. The predicted octanol–water partition coefficient (Wildman–Crippen LogP) is 0.554. The van der Waals surface area contributed by atoms with Crippen LogP contribution in [0.3, 0.4) is 0 Å². The molecule has 0 atom stereocenters. The summed E-state index contributed by atoms with van der Waals surface area (Å²) in [5.41, 5.74) is 1.76. The van der Waals surface area contributed by atoms with Crippen LogP contribution in [-0.2, 0) is 10.0 Å². The first-order valence-electron chi connectivity index (χ1n) is 7.64. The largest absolute Gasteiger partial charge is 0.336 e. The molecule has 1 aromatic carbocycles. The highest BCUT2D eigenvalue weighted by molar-refractivity contribution is 7.88. The van der Waals surface area contributed by atoms with Crippen LogP contribution in [0.5, 0.6) is 0 Å². The summed E-state index contributed by atoms with van der Waals surface area (Å²) in [6.07, 6.45) is 1.17.